The van der Waals surface area contributed by atoms with Crippen LogP contribution in [0.25, 0.3) is 17.1 Å². The van der Waals surface area contributed by atoms with Crippen molar-refractivity contribution in [2.45, 2.75) is 39.2 Å². The molecule has 1 aromatic carbocycles. The van der Waals surface area contributed by atoms with Gasteiger partial charge in [-0.05, 0) is 24.1 Å². The first kappa shape index (κ1) is 18.8. The highest BCUT2D eigenvalue weighted by molar-refractivity contribution is 5.83. The number of carbonyl (C=O) groups is 1. The molecular formula is C21H22N6O2. The summed E-state index contributed by atoms with van der Waals surface area (Å²) >= 11 is 0. The van der Waals surface area contributed by atoms with E-state index in [2.05, 4.69) is 25.7 Å². The summed E-state index contributed by atoms with van der Waals surface area (Å²) in [7, 11) is 0. The quantitative estimate of drug-likeness (QED) is 0.520. The molecule has 0 spiro atoms. The first-order chi connectivity index (χ1) is 14.2. The molecule has 1 N–H and O–H groups in total. The van der Waals surface area contributed by atoms with Crippen molar-refractivity contribution in [2.24, 2.45) is 0 Å². The van der Waals surface area contributed by atoms with Gasteiger partial charge < -0.3 is 9.84 Å². The zero-order valence-corrected chi connectivity index (χ0v) is 16.4. The molecule has 0 aliphatic carbocycles. The Balaban J connectivity index is 1.54. The molecule has 0 fully saturated rings. The molecule has 0 saturated carbocycles. The van der Waals surface area contributed by atoms with Gasteiger partial charge in [-0.3, -0.25) is 9.20 Å². The smallest absolute Gasteiger partial charge is 0.261 e. The molecule has 0 radical (unpaired) electrons. The first-order valence-corrected chi connectivity index (χ1v) is 9.69. The van der Waals surface area contributed by atoms with Gasteiger partial charge in [-0.15, -0.1) is 10.2 Å². The van der Waals surface area contributed by atoms with Gasteiger partial charge >= 0.3 is 0 Å². The van der Waals surface area contributed by atoms with Gasteiger partial charge in [-0.2, -0.15) is 4.98 Å². The number of benzene rings is 1. The average molecular weight is 390 g/mol. The topological polar surface area (TPSA) is 98.2 Å². The van der Waals surface area contributed by atoms with E-state index in [4.69, 9.17) is 4.52 Å². The van der Waals surface area contributed by atoms with Gasteiger partial charge in [0.15, 0.2) is 17.3 Å². The minimum absolute atomic E-state index is 0.0314. The number of nitrogens with zero attached hydrogens (tertiary/aromatic N) is 5. The van der Waals surface area contributed by atoms with Crippen LogP contribution in [-0.4, -0.2) is 30.6 Å². The van der Waals surface area contributed by atoms with Crippen molar-refractivity contribution in [1.82, 2.24) is 30.1 Å². The summed E-state index contributed by atoms with van der Waals surface area (Å²) in [4.78, 5) is 17.1. The molecule has 29 heavy (non-hydrogen) atoms. The number of carbonyl (C=O) groups excluding carboxylic acids is 1. The average Bonchev–Trinajstić information content (AvgIpc) is 3.40. The molecule has 0 bridgehead atoms. The number of aryl methyl sites for hydroxylation is 1. The van der Waals surface area contributed by atoms with Crippen LogP contribution >= 0.6 is 0 Å². The van der Waals surface area contributed by atoms with E-state index in [-0.39, 0.29) is 18.4 Å². The highest BCUT2D eigenvalue weighted by Crippen LogP contribution is 2.23. The van der Waals surface area contributed by atoms with Crippen LogP contribution in [0.1, 0.15) is 43.4 Å². The maximum absolute atomic E-state index is 12.7. The Kier molecular flexibility index (Phi) is 5.33. The summed E-state index contributed by atoms with van der Waals surface area (Å²) in [6.45, 7) is 4.24. The SMILES string of the molecule is CCc1noc(-c2cccn3c(CNC(=O)[C@H](CC)c4ccccc4)nnc23)n1. The monoisotopic (exact) mass is 390 g/mol. The predicted octanol–water partition coefficient (Wildman–Crippen LogP) is 3.15. The number of fused-ring (bicyclic) bond motifs is 1. The van der Waals surface area contributed by atoms with E-state index in [1.54, 1.807) is 0 Å². The van der Waals surface area contributed by atoms with E-state index in [0.29, 0.717) is 35.2 Å². The van der Waals surface area contributed by atoms with Gasteiger partial charge in [0, 0.05) is 12.6 Å². The largest absolute Gasteiger partial charge is 0.348 e. The predicted molar refractivity (Wildman–Crippen MR) is 107 cm³/mol. The van der Waals surface area contributed by atoms with Crippen molar-refractivity contribution in [3.63, 3.8) is 0 Å². The van der Waals surface area contributed by atoms with E-state index in [1.807, 2.05) is 66.9 Å². The van der Waals surface area contributed by atoms with Gasteiger partial charge in [0.1, 0.15) is 0 Å². The summed E-state index contributed by atoms with van der Waals surface area (Å²) in [6.07, 6.45) is 3.26. The highest BCUT2D eigenvalue weighted by atomic mass is 16.5. The number of rotatable bonds is 7. The molecule has 8 nitrogen and oxygen atoms in total. The lowest BCUT2D eigenvalue weighted by Gasteiger charge is -2.15. The summed E-state index contributed by atoms with van der Waals surface area (Å²) in [5.74, 6) is 1.45. The second kappa shape index (κ2) is 8.22. The van der Waals surface area contributed by atoms with Crippen LogP contribution in [0, 0.1) is 0 Å². The van der Waals surface area contributed by atoms with E-state index in [1.165, 1.54) is 0 Å². The third kappa shape index (κ3) is 3.73. The van der Waals surface area contributed by atoms with Crippen molar-refractivity contribution in [2.75, 3.05) is 0 Å². The molecule has 1 amide bonds. The fraction of sp³-hybridized carbons (Fsp3) is 0.286. The van der Waals surface area contributed by atoms with E-state index >= 15 is 0 Å². The number of pyridine rings is 1. The van der Waals surface area contributed by atoms with Gasteiger partial charge in [0.25, 0.3) is 5.89 Å². The Morgan fingerprint density at radius 1 is 1.14 bits per heavy atom. The maximum Gasteiger partial charge on any atom is 0.261 e. The van der Waals surface area contributed by atoms with Crippen molar-refractivity contribution < 1.29 is 9.32 Å². The number of hydrogen-bond donors (Lipinski definition) is 1. The first-order valence-electron chi connectivity index (χ1n) is 9.69. The fourth-order valence-electron chi connectivity index (χ4n) is 3.31. The highest BCUT2D eigenvalue weighted by Gasteiger charge is 2.20. The van der Waals surface area contributed by atoms with Crippen LogP contribution in [-0.2, 0) is 17.8 Å². The Hall–Kier alpha value is -3.55. The van der Waals surface area contributed by atoms with Crippen LogP contribution in [0.4, 0.5) is 0 Å². The van der Waals surface area contributed by atoms with E-state index in [9.17, 15) is 4.79 Å². The number of amides is 1. The molecule has 148 valence electrons. The molecule has 8 heteroatoms. The number of nitrogens with one attached hydrogen (secondary N) is 1. The fourth-order valence-corrected chi connectivity index (χ4v) is 3.31. The van der Waals surface area contributed by atoms with Crippen LogP contribution in [0.2, 0.25) is 0 Å². The summed E-state index contributed by atoms with van der Waals surface area (Å²) in [5, 5.41) is 15.4. The molecule has 0 unspecified atom stereocenters. The van der Waals surface area contributed by atoms with Crippen molar-refractivity contribution in [3.8, 4) is 11.5 Å². The van der Waals surface area contributed by atoms with Gasteiger partial charge in [0.2, 0.25) is 5.91 Å². The second-order valence-electron chi connectivity index (χ2n) is 6.69. The molecule has 3 heterocycles. The molecule has 0 saturated heterocycles. The van der Waals surface area contributed by atoms with Crippen LogP contribution in [0.5, 0.6) is 0 Å². The summed E-state index contributed by atoms with van der Waals surface area (Å²) in [6, 6.07) is 13.5. The van der Waals surface area contributed by atoms with Crippen LogP contribution < -0.4 is 5.32 Å². The molecule has 4 rings (SSSR count). The van der Waals surface area contributed by atoms with Crippen molar-refractivity contribution in [1.29, 1.82) is 0 Å². The zero-order chi connectivity index (χ0) is 20.2. The normalized spacial score (nSPS) is 12.2. The molecule has 4 aromatic rings. The van der Waals surface area contributed by atoms with Gasteiger partial charge in [-0.25, -0.2) is 0 Å². The Morgan fingerprint density at radius 2 is 1.97 bits per heavy atom. The summed E-state index contributed by atoms with van der Waals surface area (Å²) in [5.41, 5.74) is 2.32. The Labute approximate surface area is 168 Å². The van der Waals surface area contributed by atoms with Gasteiger partial charge in [-0.1, -0.05) is 49.3 Å². The Morgan fingerprint density at radius 3 is 2.69 bits per heavy atom. The molecular weight excluding hydrogens is 368 g/mol. The molecule has 0 aliphatic heterocycles. The van der Waals surface area contributed by atoms with Crippen LogP contribution in [0.15, 0.2) is 53.2 Å². The maximum atomic E-state index is 12.7. The van der Waals surface area contributed by atoms with Crippen molar-refractivity contribution in [3.05, 3.63) is 65.9 Å². The molecule has 3 aromatic heterocycles. The van der Waals surface area contributed by atoms with Crippen LogP contribution in [0.3, 0.4) is 0 Å². The van der Waals surface area contributed by atoms with E-state index < -0.39 is 0 Å². The summed E-state index contributed by atoms with van der Waals surface area (Å²) < 4.78 is 7.17. The number of aromatic nitrogens is 5. The number of hydrogen-bond acceptors (Lipinski definition) is 6. The lowest BCUT2D eigenvalue weighted by molar-refractivity contribution is -0.122. The third-order valence-electron chi connectivity index (χ3n) is 4.87. The van der Waals surface area contributed by atoms with Crippen molar-refractivity contribution >= 4 is 11.6 Å². The Bertz CT molecular complexity index is 1120. The standard InChI is InChI=1S/C21H22N6O2/c1-3-15(14-9-6-5-7-10-14)20(28)22-13-18-24-25-19-16(11-8-12-27(18)19)21-23-17(4-2)26-29-21/h5-12,15H,3-4,13H2,1-2H3,(H,22,28)/t15-/m1/s1. The second-order valence-corrected chi connectivity index (χ2v) is 6.69. The van der Waals surface area contributed by atoms with E-state index in [0.717, 1.165) is 12.0 Å². The molecule has 0 aliphatic rings. The molecule has 1 atom stereocenters. The zero-order valence-electron chi connectivity index (χ0n) is 16.4. The lowest BCUT2D eigenvalue weighted by atomic mass is 9.96. The van der Waals surface area contributed by atoms with Gasteiger partial charge in [0.05, 0.1) is 18.0 Å². The minimum atomic E-state index is -0.197. The lowest BCUT2D eigenvalue weighted by Crippen LogP contribution is -2.29. The third-order valence-corrected chi connectivity index (χ3v) is 4.87. The minimum Gasteiger partial charge on any atom is -0.348 e.